The molecule has 3 rings (SSSR count). The quantitative estimate of drug-likeness (QED) is 0.752. The third-order valence-electron chi connectivity index (χ3n) is 3.15. The summed E-state index contributed by atoms with van der Waals surface area (Å²) in [6.45, 7) is 0. The van der Waals surface area contributed by atoms with E-state index in [4.69, 9.17) is 0 Å². The highest BCUT2D eigenvalue weighted by atomic mass is 32.1. The SMILES string of the molecule is CN1C(=O)CCc2sc(-c3ccccc3)cc21. The van der Waals surface area contributed by atoms with Crippen molar-refractivity contribution in [1.82, 2.24) is 0 Å². The number of carbonyl (C=O) groups excluding carboxylic acids is 1. The Morgan fingerprint density at radius 3 is 2.71 bits per heavy atom. The summed E-state index contributed by atoms with van der Waals surface area (Å²) in [4.78, 5) is 16.0. The van der Waals surface area contributed by atoms with Crippen LogP contribution in [0, 0.1) is 0 Å². The summed E-state index contributed by atoms with van der Waals surface area (Å²) < 4.78 is 0. The molecule has 0 bridgehead atoms. The van der Waals surface area contributed by atoms with Gasteiger partial charge in [0.2, 0.25) is 5.91 Å². The fourth-order valence-electron chi connectivity index (χ4n) is 2.15. The second-order valence-electron chi connectivity index (χ2n) is 4.24. The van der Waals surface area contributed by atoms with E-state index in [1.54, 1.807) is 16.2 Å². The van der Waals surface area contributed by atoms with E-state index in [9.17, 15) is 4.79 Å². The van der Waals surface area contributed by atoms with E-state index in [0.717, 1.165) is 12.1 Å². The van der Waals surface area contributed by atoms with Crippen LogP contribution in [-0.2, 0) is 11.2 Å². The van der Waals surface area contributed by atoms with Gasteiger partial charge in [-0.05, 0) is 18.1 Å². The maximum atomic E-state index is 11.6. The van der Waals surface area contributed by atoms with Gasteiger partial charge in [-0.25, -0.2) is 0 Å². The predicted octanol–water partition coefficient (Wildman–Crippen LogP) is 3.32. The van der Waals surface area contributed by atoms with Gasteiger partial charge in [-0.3, -0.25) is 4.79 Å². The molecular formula is C14H13NOS. The van der Waals surface area contributed by atoms with Gasteiger partial charge in [0.1, 0.15) is 0 Å². The lowest BCUT2D eigenvalue weighted by molar-refractivity contribution is -0.118. The predicted molar refractivity (Wildman–Crippen MR) is 71.5 cm³/mol. The summed E-state index contributed by atoms with van der Waals surface area (Å²) in [6, 6.07) is 12.5. The highest BCUT2D eigenvalue weighted by Gasteiger charge is 2.23. The zero-order chi connectivity index (χ0) is 11.8. The van der Waals surface area contributed by atoms with Crippen molar-refractivity contribution in [1.29, 1.82) is 0 Å². The van der Waals surface area contributed by atoms with Crippen LogP contribution >= 0.6 is 11.3 Å². The van der Waals surface area contributed by atoms with Crippen LogP contribution in [0.25, 0.3) is 10.4 Å². The van der Waals surface area contributed by atoms with Crippen molar-refractivity contribution in [2.45, 2.75) is 12.8 Å². The summed E-state index contributed by atoms with van der Waals surface area (Å²) in [5.74, 6) is 0.218. The minimum atomic E-state index is 0.218. The molecule has 86 valence electrons. The number of carbonyl (C=O) groups is 1. The van der Waals surface area contributed by atoms with E-state index < -0.39 is 0 Å². The summed E-state index contributed by atoms with van der Waals surface area (Å²) in [7, 11) is 1.86. The molecule has 2 aromatic rings. The lowest BCUT2D eigenvalue weighted by Gasteiger charge is -2.22. The Hall–Kier alpha value is -1.61. The zero-order valence-electron chi connectivity index (χ0n) is 9.64. The van der Waals surface area contributed by atoms with Gasteiger partial charge < -0.3 is 4.90 Å². The minimum Gasteiger partial charge on any atom is -0.314 e. The summed E-state index contributed by atoms with van der Waals surface area (Å²) in [6.07, 6.45) is 1.52. The Kier molecular flexibility index (Phi) is 2.48. The fraction of sp³-hybridized carbons (Fsp3) is 0.214. The van der Waals surface area contributed by atoms with Crippen LogP contribution in [-0.4, -0.2) is 13.0 Å². The summed E-state index contributed by atoms with van der Waals surface area (Å²) >= 11 is 1.80. The van der Waals surface area contributed by atoms with Crippen molar-refractivity contribution >= 4 is 22.9 Å². The maximum Gasteiger partial charge on any atom is 0.227 e. The number of thiophene rings is 1. The molecule has 0 radical (unpaired) electrons. The molecule has 1 aromatic heterocycles. The number of amides is 1. The van der Waals surface area contributed by atoms with Crippen LogP contribution in [0.4, 0.5) is 5.69 Å². The number of aryl methyl sites for hydroxylation is 1. The monoisotopic (exact) mass is 243 g/mol. The first-order chi connectivity index (χ1) is 8.25. The molecule has 0 saturated heterocycles. The van der Waals surface area contributed by atoms with Gasteiger partial charge in [0.15, 0.2) is 0 Å². The number of benzene rings is 1. The standard InChI is InChI=1S/C14H13NOS/c1-15-11-9-13(10-5-3-2-4-6-10)17-12(11)7-8-14(15)16/h2-6,9H,7-8H2,1H3. The molecule has 1 aliphatic rings. The second-order valence-corrected chi connectivity index (χ2v) is 5.37. The summed E-state index contributed by atoms with van der Waals surface area (Å²) in [5.41, 5.74) is 2.32. The molecule has 0 fully saturated rings. The molecule has 1 aromatic carbocycles. The number of hydrogen-bond acceptors (Lipinski definition) is 2. The van der Waals surface area contributed by atoms with Gasteiger partial charge >= 0.3 is 0 Å². The van der Waals surface area contributed by atoms with E-state index >= 15 is 0 Å². The first kappa shape index (κ1) is 10.5. The normalized spacial score (nSPS) is 14.9. The first-order valence-corrected chi connectivity index (χ1v) is 6.52. The number of hydrogen-bond donors (Lipinski definition) is 0. The molecule has 2 heterocycles. The highest BCUT2D eigenvalue weighted by molar-refractivity contribution is 7.16. The van der Waals surface area contributed by atoms with Crippen LogP contribution in [0.1, 0.15) is 11.3 Å². The van der Waals surface area contributed by atoms with Crippen LogP contribution in [0.5, 0.6) is 0 Å². The lowest BCUT2D eigenvalue weighted by Crippen LogP contribution is -2.29. The smallest absolute Gasteiger partial charge is 0.227 e. The number of fused-ring (bicyclic) bond motifs is 1. The maximum absolute atomic E-state index is 11.6. The van der Waals surface area contributed by atoms with E-state index in [-0.39, 0.29) is 5.91 Å². The van der Waals surface area contributed by atoms with Gasteiger partial charge in [0.05, 0.1) is 5.69 Å². The lowest BCUT2D eigenvalue weighted by atomic mass is 10.1. The van der Waals surface area contributed by atoms with Crippen molar-refractivity contribution in [2.24, 2.45) is 0 Å². The van der Waals surface area contributed by atoms with E-state index in [1.807, 2.05) is 25.2 Å². The molecule has 2 nitrogen and oxygen atoms in total. The Bertz CT molecular complexity index is 559. The van der Waals surface area contributed by atoms with E-state index in [1.165, 1.54) is 15.3 Å². The zero-order valence-corrected chi connectivity index (χ0v) is 10.5. The Labute approximate surface area is 105 Å². The van der Waals surface area contributed by atoms with Gasteiger partial charge in [0, 0.05) is 23.2 Å². The van der Waals surface area contributed by atoms with Crippen molar-refractivity contribution in [3.05, 3.63) is 41.3 Å². The molecule has 1 amide bonds. The largest absolute Gasteiger partial charge is 0.314 e. The van der Waals surface area contributed by atoms with Crippen LogP contribution < -0.4 is 4.90 Å². The van der Waals surface area contributed by atoms with Crippen molar-refractivity contribution in [2.75, 3.05) is 11.9 Å². The van der Waals surface area contributed by atoms with Crippen molar-refractivity contribution in [3.63, 3.8) is 0 Å². The molecule has 3 heteroatoms. The number of anilines is 1. The molecule has 0 unspecified atom stereocenters. The third kappa shape index (κ3) is 1.76. The van der Waals surface area contributed by atoms with Crippen molar-refractivity contribution < 1.29 is 4.79 Å². The fourth-order valence-corrected chi connectivity index (χ4v) is 3.34. The Morgan fingerprint density at radius 1 is 1.18 bits per heavy atom. The van der Waals surface area contributed by atoms with Gasteiger partial charge in [-0.2, -0.15) is 0 Å². The van der Waals surface area contributed by atoms with Gasteiger partial charge in [-0.1, -0.05) is 30.3 Å². The molecule has 0 atom stereocenters. The molecule has 1 aliphatic heterocycles. The van der Waals surface area contributed by atoms with Crippen LogP contribution in [0.3, 0.4) is 0 Å². The van der Waals surface area contributed by atoms with E-state index in [2.05, 4.69) is 18.2 Å². The highest BCUT2D eigenvalue weighted by Crippen LogP contribution is 2.39. The first-order valence-electron chi connectivity index (χ1n) is 5.70. The topological polar surface area (TPSA) is 20.3 Å². The molecule has 0 spiro atoms. The van der Waals surface area contributed by atoms with Crippen molar-refractivity contribution in [3.8, 4) is 10.4 Å². The second kappa shape index (κ2) is 4.00. The average Bonchev–Trinajstić information content (AvgIpc) is 2.80. The molecular weight excluding hydrogens is 230 g/mol. The summed E-state index contributed by atoms with van der Waals surface area (Å²) in [5, 5.41) is 0. The molecule has 0 saturated carbocycles. The number of rotatable bonds is 1. The molecule has 0 N–H and O–H groups in total. The molecule has 0 aliphatic carbocycles. The Balaban J connectivity index is 2.06. The Morgan fingerprint density at radius 2 is 1.94 bits per heavy atom. The van der Waals surface area contributed by atoms with Gasteiger partial charge in [0.25, 0.3) is 0 Å². The third-order valence-corrected chi connectivity index (χ3v) is 4.38. The van der Waals surface area contributed by atoms with Crippen LogP contribution in [0.15, 0.2) is 36.4 Å². The minimum absolute atomic E-state index is 0.218. The van der Waals surface area contributed by atoms with Crippen LogP contribution in [0.2, 0.25) is 0 Å². The average molecular weight is 243 g/mol. The van der Waals surface area contributed by atoms with Gasteiger partial charge in [-0.15, -0.1) is 11.3 Å². The number of nitrogens with zero attached hydrogens (tertiary/aromatic N) is 1. The van der Waals surface area contributed by atoms with E-state index in [0.29, 0.717) is 6.42 Å². The molecule has 17 heavy (non-hydrogen) atoms.